The highest BCUT2D eigenvalue weighted by atomic mass is 16.6. The van der Waals surface area contributed by atoms with E-state index in [-0.39, 0.29) is 18.0 Å². The highest BCUT2D eigenvalue weighted by Crippen LogP contribution is 2.21. The molecule has 0 aliphatic carbocycles. The van der Waals surface area contributed by atoms with Crippen molar-refractivity contribution in [3.8, 4) is 0 Å². The van der Waals surface area contributed by atoms with Crippen LogP contribution < -0.4 is 4.90 Å². The highest BCUT2D eigenvalue weighted by Gasteiger charge is 2.18. The van der Waals surface area contributed by atoms with Gasteiger partial charge in [-0.1, -0.05) is 30.3 Å². The van der Waals surface area contributed by atoms with Gasteiger partial charge in [0.1, 0.15) is 0 Å². The van der Waals surface area contributed by atoms with Gasteiger partial charge in [-0.25, -0.2) is 0 Å². The van der Waals surface area contributed by atoms with Crippen LogP contribution in [0, 0.1) is 10.1 Å². The summed E-state index contributed by atoms with van der Waals surface area (Å²) in [5, 5.41) is 11.1. The lowest BCUT2D eigenvalue weighted by Gasteiger charge is -2.29. The zero-order chi connectivity index (χ0) is 19.2. The normalized spacial score (nSPS) is 14.0. The fourth-order valence-electron chi connectivity index (χ4n) is 3.46. The van der Waals surface area contributed by atoms with Gasteiger partial charge >= 0.3 is 0 Å². The second-order valence-electron chi connectivity index (χ2n) is 7.03. The first-order valence-corrected chi connectivity index (χ1v) is 9.35. The molecule has 1 aliphatic rings. The predicted octanol–water partition coefficient (Wildman–Crippen LogP) is 3.79. The summed E-state index contributed by atoms with van der Waals surface area (Å²) in [6, 6.07) is 14.7. The number of rotatable bonds is 6. The van der Waals surface area contributed by atoms with E-state index in [4.69, 9.17) is 0 Å². The van der Waals surface area contributed by atoms with Crippen molar-refractivity contribution in [3.05, 3.63) is 69.8 Å². The second kappa shape index (κ2) is 8.66. The smallest absolute Gasteiger partial charge is 0.273 e. The number of anilines is 1. The van der Waals surface area contributed by atoms with E-state index in [0.29, 0.717) is 12.1 Å². The van der Waals surface area contributed by atoms with Crippen LogP contribution in [0.2, 0.25) is 0 Å². The van der Waals surface area contributed by atoms with E-state index in [9.17, 15) is 14.9 Å². The number of para-hydroxylation sites is 1. The summed E-state index contributed by atoms with van der Waals surface area (Å²) in [5.41, 5.74) is 2.71. The molecule has 0 bridgehead atoms. The number of nitro groups is 1. The maximum absolute atomic E-state index is 12.5. The molecule has 1 aliphatic heterocycles. The van der Waals surface area contributed by atoms with Crippen molar-refractivity contribution < 1.29 is 9.72 Å². The van der Waals surface area contributed by atoms with E-state index < -0.39 is 4.92 Å². The Bertz CT molecular complexity index is 799. The molecule has 2 aromatic rings. The van der Waals surface area contributed by atoms with Crippen LogP contribution in [0.3, 0.4) is 0 Å². The molecule has 1 amide bonds. The third-order valence-corrected chi connectivity index (χ3v) is 5.03. The van der Waals surface area contributed by atoms with E-state index in [1.807, 2.05) is 0 Å². The van der Waals surface area contributed by atoms with Crippen LogP contribution in [0.15, 0.2) is 48.5 Å². The molecule has 0 radical (unpaired) electrons. The molecule has 2 aromatic carbocycles. The number of hydrogen-bond acceptors (Lipinski definition) is 4. The summed E-state index contributed by atoms with van der Waals surface area (Å²) in [7, 11) is 1.73. The van der Waals surface area contributed by atoms with Crippen LogP contribution in [-0.4, -0.2) is 35.9 Å². The van der Waals surface area contributed by atoms with Crippen molar-refractivity contribution in [1.29, 1.82) is 0 Å². The average molecular weight is 367 g/mol. The second-order valence-corrected chi connectivity index (χ2v) is 7.03. The monoisotopic (exact) mass is 367 g/mol. The summed E-state index contributed by atoms with van der Waals surface area (Å²) in [4.78, 5) is 27.2. The Balaban J connectivity index is 1.60. The van der Waals surface area contributed by atoms with Gasteiger partial charge in [-0.05, 0) is 37.0 Å². The third-order valence-electron chi connectivity index (χ3n) is 5.03. The molecule has 27 heavy (non-hydrogen) atoms. The molecule has 6 nitrogen and oxygen atoms in total. The van der Waals surface area contributed by atoms with Gasteiger partial charge in [-0.2, -0.15) is 0 Å². The molecule has 1 heterocycles. The van der Waals surface area contributed by atoms with Crippen LogP contribution in [0.5, 0.6) is 0 Å². The molecular formula is C21H25N3O3. The Morgan fingerprint density at radius 3 is 2.41 bits per heavy atom. The first-order chi connectivity index (χ1) is 13.0. The van der Waals surface area contributed by atoms with Crippen molar-refractivity contribution in [2.45, 2.75) is 32.2 Å². The lowest BCUT2D eigenvalue weighted by atomic mass is 10.1. The lowest BCUT2D eigenvalue weighted by Crippen LogP contribution is -2.29. The molecule has 0 unspecified atom stereocenters. The molecule has 0 aromatic heterocycles. The summed E-state index contributed by atoms with van der Waals surface area (Å²) < 4.78 is 0. The zero-order valence-electron chi connectivity index (χ0n) is 15.6. The Labute approximate surface area is 159 Å². The Morgan fingerprint density at radius 1 is 1.07 bits per heavy atom. The number of carbonyl (C=O) groups is 1. The van der Waals surface area contributed by atoms with Crippen molar-refractivity contribution in [2.24, 2.45) is 0 Å². The van der Waals surface area contributed by atoms with Gasteiger partial charge in [-0.3, -0.25) is 14.9 Å². The first kappa shape index (κ1) is 18.9. The number of likely N-dealkylation sites (N-methyl/N-ethyl adjacent to an activating group) is 1. The highest BCUT2D eigenvalue weighted by molar-refractivity contribution is 5.79. The number of carbonyl (C=O) groups excluding carboxylic acids is 1. The van der Waals surface area contributed by atoms with Crippen molar-refractivity contribution >= 4 is 17.3 Å². The summed E-state index contributed by atoms with van der Waals surface area (Å²) in [5.74, 6) is -0.135. The number of piperidine rings is 1. The summed E-state index contributed by atoms with van der Waals surface area (Å²) in [6.07, 6.45) is 3.82. The van der Waals surface area contributed by atoms with Crippen molar-refractivity contribution in [1.82, 2.24) is 4.90 Å². The quantitative estimate of drug-likeness (QED) is 0.575. The van der Waals surface area contributed by atoms with Gasteiger partial charge < -0.3 is 9.80 Å². The Hall–Kier alpha value is -2.89. The van der Waals surface area contributed by atoms with Gasteiger partial charge in [0.25, 0.3) is 5.69 Å². The predicted molar refractivity (Wildman–Crippen MR) is 106 cm³/mol. The summed E-state index contributed by atoms with van der Waals surface area (Å²) >= 11 is 0. The minimum Gasteiger partial charge on any atom is -0.372 e. The van der Waals surface area contributed by atoms with Gasteiger partial charge in [0.15, 0.2) is 0 Å². The molecule has 3 rings (SSSR count). The van der Waals surface area contributed by atoms with Crippen LogP contribution in [0.4, 0.5) is 11.4 Å². The minimum absolute atomic E-state index is 0.00913. The standard InChI is InChI=1S/C21H25N3O3/c1-22(21(25)15-18-7-3-4-8-20(18)24(26)27)16-17-9-11-19(12-10-17)23-13-5-2-6-14-23/h3-4,7-12H,2,5-6,13-16H2,1H3. The largest absolute Gasteiger partial charge is 0.372 e. The molecule has 142 valence electrons. The maximum Gasteiger partial charge on any atom is 0.273 e. The van der Waals surface area contributed by atoms with Crippen LogP contribution in [0.1, 0.15) is 30.4 Å². The molecule has 0 N–H and O–H groups in total. The average Bonchev–Trinajstić information content (AvgIpc) is 2.69. The van der Waals surface area contributed by atoms with Gasteiger partial charge in [0.05, 0.1) is 11.3 Å². The van der Waals surface area contributed by atoms with Crippen molar-refractivity contribution in [2.75, 3.05) is 25.0 Å². The fourth-order valence-corrected chi connectivity index (χ4v) is 3.46. The van der Waals surface area contributed by atoms with E-state index in [1.165, 1.54) is 31.0 Å². The maximum atomic E-state index is 12.5. The molecule has 0 saturated carbocycles. The molecule has 6 heteroatoms. The van der Waals surface area contributed by atoms with Gasteiger partial charge in [0, 0.05) is 44.0 Å². The Kier molecular flexibility index (Phi) is 6.06. The molecular weight excluding hydrogens is 342 g/mol. The zero-order valence-corrected chi connectivity index (χ0v) is 15.6. The number of amides is 1. The van der Waals surface area contributed by atoms with Crippen LogP contribution in [0.25, 0.3) is 0 Å². The van der Waals surface area contributed by atoms with Crippen LogP contribution >= 0.6 is 0 Å². The van der Waals surface area contributed by atoms with E-state index in [1.54, 1.807) is 30.1 Å². The molecule has 0 atom stereocenters. The number of nitrogens with zero attached hydrogens (tertiary/aromatic N) is 3. The molecule has 1 fully saturated rings. The molecule has 0 spiro atoms. The van der Waals surface area contributed by atoms with E-state index in [2.05, 4.69) is 29.2 Å². The van der Waals surface area contributed by atoms with Crippen molar-refractivity contribution in [3.63, 3.8) is 0 Å². The first-order valence-electron chi connectivity index (χ1n) is 9.35. The number of nitro benzene ring substituents is 1. The lowest BCUT2D eigenvalue weighted by molar-refractivity contribution is -0.385. The number of hydrogen-bond donors (Lipinski definition) is 0. The van der Waals surface area contributed by atoms with Gasteiger partial charge in [0.2, 0.25) is 5.91 Å². The topological polar surface area (TPSA) is 66.7 Å². The third kappa shape index (κ3) is 4.84. The van der Waals surface area contributed by atoms with E-state index >= 15 is 0 Å². The minimum atomic E-state index is -0.443. The Morgan fingerprint density at radius 2 is 1.74 bits per heavy atom. The van der Waals surface area contributed by atoms with Gasteiger partial charge in [-0.15, -0.1) is 0 Å². The van der Waals surface area contributed by atoms with E-state index in [0.717, 1.165) is 18.7 Å². The summed E-state index contributed by atoms with van der Waals surface area (Å²) in [6.45, 7) is 2.70. The SMILES string of the molecule is CN(Cc1ccc(N2CCCCC2)cc1)C(=O)Cc1ccccc1[N+](=O)[O-]. The number of benzene rings is 2. The fraction of sp³-hybridized carbons (Fsp3) is 0.381. The molecule has 1 saturated heterocycles. The van der Waals surface area contributed by atoms with Crippen LogP contribution in [-0.2, 0) is 17.8 Å².